The smallest absolute Gasteiger partial charge is 0.315 e. The van der Waals surface area contributed by atoms with Crippen molar-refractivity contribution < 1.29 is 9.59 Å². The standard InChI is InChI=1S/C13H30N6O2/c1-9(2)11(8-17-12(16)20)19-13(21)18-7-10(15)5-3-4-6-14/h9-11H,3-8,14-15H2,1-2H3,(H3,16,17,20)(H2,18,19,21)/t10-,11+/m0/s1. The van der Waals surface area contributed by atoms with Crippen LogP contribution < -0.4 is 33.2 Å². The number of hydrogen-bond acceptors (Lipinski definition) is 4. The van der Waals surface area contributed by atoms with Gasteiger partial charge in [0.25, 0.3) is 0 Å². The van der Waals surface area contributed by atoms with E-state index in [9.17, 15) is 9.59 Å². The number of nitrogens with two attached hydrogens (primary N) is 3. The lowest BCUT2D eigenvalue weighted by atomic mass is 10.0. The van der Waals surface area contributed by atoms with E-state index in [1.54, 1.807) is 0 Å². The average Bonchev–Trinajstić information content (AvgIpc) is 2.41. The van der Waals surface area contributed by atoms with Gasteiger partial charge in [-0.15, -0.1) is 0 Å². The molecule has 0 heterocycles. The van der Waals surface area contributed by atoms with Crippen LogP contribution in [0.15, 0.2) is 0 Å². The van der Waals surface area contributed by atoms with Crippen LogP contribution in [0.25, 0.3) is 0 Å². The van der Waals surface area contributed by atoms with Crippen molar-refractivity contribution in [2.24, 2.45) is 23.1 Å². The molecule has 0 aromatic carbocycles. The van der Waals surface area contributed by atoms with Crippen LogP contribution in [0, 0.1) is 5.92 Å². The van der Waals surface area contributed by atoms with Crippen molar-refractivity contribution in [1.29, 1.82) is 0 Å². The molecule has 8 nitrogen and oxygen atoms in total. The van der Waals surface area contributed by atoms with Crippen molar-refractivity contribution in [3.05, 3.63) is 0 Å². The highest BCUT2D eigenvalue weighted by atomic mass is 16.2. The van der Waals surface area contributed by atoms with Crippen molar-refractivity contribution in [3.8, 4) is 0 Å². The molecule has 21 heavy (non-hydrogen) atoms. The van der Waals surface area contributed by atoms with Gasteiger partial charge in [-0.25, -0.2) is 9.59 Å². The summed E-state index contributed by atoms with van der Waals surface area (Å²) in [6, 6.07) is -1.17. The zero-order chi connectivity index (χ0) is 16.3. The van der Waals surface area contributed by atoms with Crippen LogP contribution in [0.3, 0.4) is 0 Å². The molecule has 0 aliphatic heterocycles. The van der Waals surface area contributed by atoms with Gasteiger partial charge in [0.15, 0.2) is 0 Å². The number of carbonyl (C=O) groups excluding carboxylic acids is 2. The quantitative estimate of drug-likeness (QED) is 0.300. The molecule has 9 N–H and O–H groups in total. The maximum absolute atomic E-state index is 11.8. The molecule has 124 valence electrons. The summed E-state index contributed by atoms with van der Waals surface area (Å²) in [4.78, 5) is 22.5. The first-order valence-electron chi connectivity index (χ1n) is 7.40. The van der Waals surface area contributed by atoms with Crippen LogP contribution in [-0.2, 0) is 0 Å². The molecule has 4 amide bonds. The van der Waals surface area contributed by atoms with E-state index in [4.69, 9.17) is 17.2 Å². The third-order valence-corrected chi connectivity index (χ3v) is 3.17. The molecule has 0 radical (unpaired) electrons. The van der Waals surface area contributed by atoms with Crippen LogP contribution >= 0.6 is 0 Å². The number of carbonyl (C=O) groups is 2. The highest BCUT2D eigenvalue weighted by Crippen LogP contribution is 2.00. The van der Waals surface area contributed by atoms with E-state index in [1.165, 1.54) is 0 Å². The molecule has 0 saturated carbocycles. The number of urea groups is 2. The van der Waals surface area contributed by atoms with Gasteiger partial charge < -0.3 is 33.2 Å². The number of rotatable bonds is 10. The molecule has 8 heteroatoms. The van der Waals surface area contributed by atoms with Gasteiger partial charge in [-0.1, -0.05) is 20.3 Å². The van der Waals surface area contributed by atoms with Crippen LogP contribution in [-0.4, -0.2) is 43.8 Å². The van der Waals surface area contributed by atoms with E-state index in [-0.39, 0.29) is 24.0 Å². The Bertz CT molecular complexity index is 311. The Morgan fingerprint density at radius 1 is 1.10 bits per heavy atom. The maximum atomic E-state index is 11.8. The number of nitrogens with one attached hydrogen (secondary N) is 3. The summed E-state index contributed by atoms with van der Waals surface area (Å²) in [6.07, 6.45) is 2.72. The molecule has 0 spiro atoms. The molecule has 0 fully saturated rings. The van der Waals surface area contributed by atoms with Gasteiger partial charge in [-0.2, -0.15) is 0 Å². The number of unbranched alkanes of at least 4 members (excludes halogenated alkanes) is 1. The Morgan fingerprint density at radius 2 is 1.76 bits per heavy atom. The van der Waals surface area contributed by atoms with Crippen molar-refractivity contribution in [1.82, 2.24) is 16.0 Å². The van der Waals surface area contributed by atoms with Gasteiger partial charge in [0.05, 0.1) is 6.04 Å². The molecular weight excluding hydrogens is 272 g/mol. The molecule has 0 unspecified atom stereocenters. The van der Waals surface area contributed by atoms with E-state index in [1.807, 2.05) is 13.8 Å². The Morgan fingerprint density at radius 3 is 2.29 bits per heavy atom. The van der Waals surface area contributed by atoms with E-state index in [0.29, 0.717) is 19.6 Å². The highest BCUT2D eigenvalue weighted by Gasteiger charge is 2.16. The molecule has 2 atom stereocenters. The van der Waals surface area contributed by atoms with Crippen molar-refractivity contribution in [3.63, 3.8) is 0 Å². The van der Waals surface area contributed by atoms with Gasteiger partial charge in [0.1, 0.15) is 0 Å². The van der Waals surface area contributed by atoms with Crippen LogP contribution in [0.1, 0.15) is 33.1 Å². The van der Waals surface area contributed by atoms with E-state index < -0.39 is 6.03 Å². The number of hydrogen-bond donors (Lipinski definition) is 6. The highest BCUT2D eigenvalue weighted by molar-refractivity contribution is 5.74. The normalized spacial score (nSPS) is 13.6. The Balaban J connectivity index is 3.99. The predicted octanol–water partition coefficient (Wildman–Crippen LogP) is -0.565. The Hall–Kier alpha value is -1.54. The van der Waals surface area contributed by atoms with Crippen LogP contribution in [0.4, 0.5) is 9.59 Å². The SMILES string of the molecule is CC(C)[C@@H](CNC(N)=O)NC(=O)NC[C@@H](N)CCCCN. The summed E-state index contributed by atoms with van der Waals surface area (Å²) < 4.78 is 0. The third kappa shape index (κ3) is 10.9. The largest absolute Gasteiger partial charge is 0.352 e. The van der Waals surface area contributed by atoms with E-state index in [0.717, 1.165) is 19.3 Å². The number of amides is 4. The zero-order valence-corrected chi connectivity index (χ0v) is 13.0. The summed E-state index contributed by atoms with van der Waals surface area (Å²) in [5, 5.41) is 8.02. The first kappa shape index (κ1) is 19.5. The molecule has 0 aromatic heterocycles. The second-order valence-corrected chi connectivity index (χ2v) is 5.49. The fourth-order valence-corrected chi connectivity index (χ4v) is 1.76. The number of primary amides is 1. The summed E-state index contributed by atoms with van der Waals surface area (Å²) in [5.41, 5.74) is 16.3. The minimum atomic E-state index is -0.607. The molecule has 0 rings (SSSR count). The third-order valence-electron chi connectivity index (χ3n) is 3.17. The fraction of sp³-hybridized carbons (Fsp3) is 0.846. The lowest BCUT2D eigenvalue weighted by Gasteiger charge is -2.23. The second kappa shape index (κ2) is 11.2. The minimum absolute atomic E-state index is 0.0801. The van der Waals surface area contributed by atoms with Crippen LogP contribution in [0.5, 0.6) is 0 Å². The first-order chi connectivity index (χ1) is 9.86. The molecule has 0 aromatic rings. The average molecular weight is 302 g/mol. The molecule has 0 aliphatic carbocycles. The Kier molecular flexibility index (Phi) is 10.3. The minimum Gasteiger partial charge on any atom is -0.352 e. The first-order valence-corrected chi connectivity index (χ1v) is 7.40. The van der Waals surface area contributed by atoms with E-state index >= 15 is 0 Å². The van der Waals surface area contributed by atoms with Gasteiger partial charge in [-0.05, 0) is 25.3 Å². The topological polar surface area (TPSA) is 148 Å². The van der Waals surface area contributed by atoms with Gasteiger partial charge in [0.2, 0.25) is 0 Å². The van der Waals surface area contributed by atoms with Crippen molar-refractivity contribution in [2.75, 3.05) is 19.6 Å². The summed E-state index contributed by atoms with van der Waals surface area (Å²) >= 11 is 0. The Labute approximate surface area is 126 Å². The lowest BCUT2D eigenvalue weighted by Crippen LogP contribution is -2.52. The monoisotopic (exact) mass is 302 g/mol. The lowest BCUT2D eigenvalue weighted by molar-refractivity contribution is 0.228. The predicted molar refractivity (Wildman–Crippen MR) is 83.6 cm³/mol. The fourth-order valence-electron chi connectivity index (χ4n) is 1.76. The molecule has 0 bridgehead atoms. The van der Waals surface area contributed by atoms with Gasteiger partial charge in [0, 0.05) is 19.1 Å². The molecule has 0 aliphatic rings. The zero-order valence-electron chi connectivity index (χ0n) is 13.0. The van der Waals surface area contributed by atoms with Gasteiger partial charge >= 0.3 is 12.1 Å². The summed E-state index contributed by atoms with van der Waals surface area (Å²) in [6.45, 7) is 5.26. The van der Waals surface area contributed by atoms with Crippen molar-refractivity contribution in [2.45, 2.75) is 45.2 Å². The molecular formula is C13H30N6O2. The summed E-state index contributed by atoms with van der Waals surface area (Å²) in [7, 11) is 0. The van der Waals surface area contributed by atoms with Gasteiger partial charge in [-0.3, -0.25) is 0 Å². The van der Waals surface area contributed by atoms with Crippen LogP contribution in [0.2, 0.25) is 0 Å². The molecule has 0 saturated heterocycles. The van der Waals surface area contributed by atoms with E-state index in [2.05, 4.69) is 16.0 Å². The second-order valence-electron chi connectivity index (χ2n) is 5.49. The summed E-state index contributed by atoms with van der Waals surface area (Å²) in [5.74, 6) is 0.167. The van der Waals surface area contributed by atoms with Crippen molar-refractivity contribution >= 4 is 12.1 Å². The maximum Gasteiger partial charge on any atom is 0.315 e.